The van der Waals surface area contributed by atoms with Gasteiger partial charge in [-0.2, -0.15) is 8.42 Å². The monoisotopic (exact) mass is 331 g/mol. The molecule has 8 heteroatoms. The van der Waals surface area contributed by atoms with Crippen LogP contribution in [0.2, 0.25) is 0 Å². The molecule has 2 atom stereocenters. The largest absolute Gasteiger partial charge is 0.341 e. The Kier molecular flexibility index (Phi) is 4.21. The lowest BCUT2D eigenvalue weighted by molar-refractivity contribution is -0.171. The molecule has 22 heavy (non-hydrogen) atoms. The van der Waals surface area contributed by atoms with Gasteiger partial charge >= 0.3 is 10.3 Å². The molecule has 2 fully saturated rings. The lowest BCUT2D eigenvalue weighted by Gasteiger charge is -2.22. The standard InChI is InChI=1S/C14H18FNO5S/c15-11-6-2-1-5-10(11)13-12(9-19-22(16,17)18)20-14(21-13)7-3-4-8-14/h1-2,5-6,12-13H,3-4,7-9H2,(H2,16,17,18)/t12-,13-/m0/s1. The number of hydrogen-bond acceptors (Lipinski definition) is 5. The molecule has 1 aromatic carbocycles. The molecular formula is C14H18FNO5S. The van der Waals surface area contributed by atoms with E-state index in [-0.39, 0.29) is 6.61 Å². The molecule has 1 spiro atoms. The molecule has 2 N–H and O–H groups in total. The molecule has 6 nitrogen and oxygen atoms in total. The summed E-state index contributed by atoms with van der Waals surface area (Å²) in [6, 6.07) is 6.20. The van der Waals surface area contributed by atoms with E-state index in [4.69, 9.17) is 14.6 Å². The van der Waals surface area contributed by atoms with Gasteiger partial charge in [0, 0.05) is 18.4 Å². The third-order valence-electron chi connectivity index (χ3n) is 4.02. The van der Waals surface area contributed by atoms with Crippen molar-refractivity contribution in [2.24, 2.45) is 5.14 Å². The van der Waals surface area contributed by atoms with Gasteiger partial charge in [0.05, 0.1) is 6.61 Å². The van der Waals surface area contributed by atoms with E-state index in [1.165, 1.54) is 6.07 Å². The summed E-state index contributed by atoms with van der Waals surface area (Å²) in [7, 11) is -4.09. The molecule has 3 rings (SSSR count). The maximum absolute atomic E-state index is 14.0. The predicted octanol–water partition coefficient (Wildman–Crippen LogP) is 1.77. The molecule has 0 unspecified atom stereocenters. The number of rotatable bonds is 4. The first-order valence-corrected chi connectivity index (χ1v) is 8.63. The fourth-order valence-corrected chi connectivity index (χ4v) is 3.40. The van der Waals surface area contributed by atoms with Gasteiger partial charge in [0.1, 0.15) is 18.0 Å². The van der Waals surface area contributed by atoms with E-state index in [2.05, 4.69) is 4.18 Å². The van der Waals surface area contributed by atoms with Gasteiger partial charge in [0.2, 0.25) is 0 Å². The van der Waals surface area contributed by atoms with Gasteiger partial charge in [0.25, 0.3) is 0 Å². The maximum atomic E-state index is 14.0. The molecule has 1 heterocycles. The van der Waals surface area contributed by atoms with Crippen LogP contribution in [0.3, 0.4) is 0 Å². The van der Waals surface area contributed by atoms with Gasteiger partial charge in [-0.05, 0) is 18.9 Å². The van der Waals surface area contributed by atoms with Gasteiger partial charge in [-0.3, -0.25) is 4.18 Å². The third kappa shape index (κ3) is 3.31. The van der Waals surface area contributed by atoms with Gasteiger partial charge in [-0.1, -0.05) is 18.2 Å². The summed E-state index contributed by atoms with van der Waals surface area (Å²) < 4.78 is 52.5. The summed E-state index contributed by atoms with van der Waals surface area (Å²) in [5.74, 6) is -1.20. The number of benzene rings is 1. The zero-order valence-corrected chi connectivity index (χ0v) is 12.7. The van der Waals surface area contributed by atoms with Crippen molar-refractivity contribution in [2.75, 3.05) is 6.61 Å². The van der Waals surface area contributed by atoms with E-state index in [1.54, 1.807) is 18.2 Å². The minimum atomic E-state index is -4.09. The van der Waals surface area contributed by atoms with E-state index in [1.807, 2.05) is 0 Å². The fourth-order valence-electron chi connectivity index (χ4n) is 3.08. The Morgan fingerprint density at radius 2 is 1.95 bits per heavy atom. The molecule has 0 bridgehead atoms. The Hall–Kier alpha value is -1.06. The van der Waals surface area contributed by atoms with Crippen LogP contribution in [0.5, 0.6) is 0 Å². The molecule has 1 aliphatic heterocycles. The Labute approximate surface area is 128 Å². The highest BCUT2D eigenvalue weighted by atomic mass is 32.2. The van der Waals surface area contributed by atoms with Gasteiger partial charge in [0.15, 0.2) is 5.79 Å². The maximum Gasteiger partial charge on any atom is 0.333 e. The molecule has 0 radical (unpaired) electrons. The quantitative estimate of drug-likeness (QED) is 0.908. The fraction of sp³-hybridized carbons (Fsp3) is 0.571. The van der Waals surface area contributed by atoms with Crippen molar-refractivity contribution in [3.8, 4) is 0 Å². The van der Waals surface area contributed by atoms with Gasteiger partial charge in [-0.15, -0.1) is 0 Å². The van der Waals surface area contributed by atoms with Crippen molar-refractivity contribution in [1.82, 2.24) is 0 Å². The van der Waals surface area contributed by atoms with Crippen molar-refractivity contribution in [3.05, 3.63) is 35.6 Å². The smallest absolute Gasteiger partial charge is 0.333 e. The highest BCUT2D eigenvalue weighted by Crippen LogP contribution is 2.47. The summed E-state index contributed by atoms with van der Waals surface area (Å²) in [6.07, 6.45) is 1.85. The first-order chi connectivity index (χ1) is 10.4. The zero-order valence-electron chi connectivity index (χ0n) is 11.9. The highest BCUT2D eigenvalue weighted by Gasteiger charge is 2.50. The summed E-state index contributed by atoms with van der Waals surface area (Å²) in [4.78, 5) is 0. The molecule has 1 saturated carbocycles. The van der Waals surface area contributed by atoms with Gasteiger partial charge < -0.3 is 9.47 Å². The SMILES string of the molecule is NS(=O)(=O)OC[C@@H]1OC2(CCCC2)O[C@H]1c1ccccc1F. The summed E-state index contributed by atoms with van der Waals surface area (Å²) in [5, 5.41) is 4.85. The van der Waals surface area contributed by atoms with E-state index < -0.39 is 34.1 Å². The van der Waals surface area contributed by atoms with Crippen molar-refractivity contribution in [2.45, 2.75) is 43.7 Å². The Morgan fingerprint density at radius 1 is 1.27 bits per heavy atom. The lowest BCUT2D eigenvalue weighted by Crippen LogP contribution is -2.29. The third-order valence-corrected chi connectivity index (χ3v) is 4.48. The number of nitrogens with two attached hydrogens (primary N) is 1. The van der Waals surface area contributed by atoms with Crippen LogP contribution in [0.4, 0.5) is 4.39 Å². The Balaban J connectivity index is 1.85. The average Bonchev–Trinajstić information content (AvgIpc) is 3.04. The second-order valence-electron chi connectivity index (χ2n) is 5.61. The molecule has 1 aliphatic carbocycles. The van der Waals surface area contributed by atoms with E-state index in [0.717, 1.165) is 12.8 Å². The summed E-state index contributed by atoms with van der Waals surface area (Å²) in [5.41, 5.74) is 0.328. The molecule has 2 aliphatic rings. The van der Waals surface area contributed by atoms with E-state index >= 15 is 0 Å². The van der Waals surface area contributed by atoms with E-state index in [9.17, 15) is 12.8 Å². The molecular weight excluding hydrogens is 313 g/mol. The second kappa shape index (κ2) is 5.86. The van der Waals surface area contributed by atoms with Crippen LogP contribution in [-0.4, -0.2) is 26.9 Å². The molecule has 122 valence electrons. The molecule has 1 aromatic rings. The van der Waals surface area contributed by atoms with Gasteiger partial charge in [-0.25, -0.2) is 9.53 Å². The van der Waals surface area contributed by atoms with Crippen LogP contribution >= 0.6 is 0 Å². The van der Waals surface area contributed by atoms with Crippen molar-refractivity contribution >= 4 is 10.3 Å². The number of ether oxygens (including phenoxy) is 2. The van der Waals surface area contributed by atoms with Crippen LogP contribution in [0, 0.1) is 5.82 Å². The highest BCUT2D eigenvalue weighted by molar-refractivity contribution is 7.84. The van der Waals surface area contributed by atoms with Crippen LogP contribution < -0.4 is 5.14 Å². The average molecular weight is 331 g/mol. The first-order valence-electron chi connectivity index (χ1n) is 7.16. The molecule has 1 saturated heterocycles. The molecule has 0 amide bonds. The normalized spacial score (nSPS) is 27.5. The van der Waals surface area contributed by atoms with Crippen molar-refractivity contribution in [3.63, 3.8) is 0 Å². The summed E-state index contributed by atoms with van der Waals surface area (Å²) >= 11 is 0. The molecule has 0 aromatic heterocycles. The predicted molar refractivity (Wildman–Crippen MR) is 75.4 cm³/mol. The number of halogens is 1. The second-order valence-corrected chi connectivity index (χ2v) is 6.83. The van der Waals surface area contributed by atoms with Crippen LogP contribution in [-0.2, 0) is 24.0 Å². The Bertz CT molecular complexity index is 644. The number of hydrogen-bond donors (Lipinski definition) is 1. The Morgan fingerprint density at radius 3 is 2.59 bits per heavy atom. The topological polar surface area (TPSA) is 87.9 Å². The van der Waals surface area contributed by atoms with Crippen LogP contribution in [0.1, 0.15) is 37.4 Å². The van der Waals surface area contributed by atoms with Crippen molar-refractivity contribution < 1.29 is 26.5 Å². The summed E-state index contributed by atoms with van der Waals surface area (Å²) in [6.45, 7) is -0.306. The van der Waals surface area contributed by atoms with E-state index in [0.29, 0.717) is 18.4 Å². The first kappa shape index (κ1) is 15.8. The minimum Gasteiger partial charge on any atom is -0.341 e. The lowest BCUT2D eigenvalue weighted by atomic mass is 10.0. The van der Waals surface area contributed by atoms with Crippen molar-refractivity contribution in [1.29, 1.82) is 0 Å². The minimum absolute atomic E-state index is 0.306. The van der Waals surface area contributed by atoms with Crippen LogP contribution in [0.15, 0.2) is 24.3 Å². The zero-order chi connectivity index (χ0) is 15.8. The van der Waals surface area contributed by atoms with Crippen LogP contribution in [0.25, 0.3) is 0 Å².